The van der Waals surface area contributed by atoms with Crippen LogP contribution in [0.1, 0.15) is 37.7 Å². The maximum atomic E-state index is 10.9. The van der Waals surface area contributed by atoms with Gasteiger partial charge in [-0.2, -0.15) is 0 Å². The monoisotopic (exact) mass is 264 g/mol. The van der Waals surface area contributed by atoms with Gasteiger partial charge in [-0.3, -0.25) is 10.1 Å². The molecule has 0 aliphatic heterocycles. The number of ether oxygens (including phenoxy) is 1. The first-order chi connectivity index (χ1) is 9.02. The summed E-state index contributed by atoms with van der Waals surface area (Å²) in [5.41, 5.74) is 6.67. The van der Waals surface area contributed by atoms with Crippen LogP contribution in [0.3, 0.4) is 0 Å². The molecule has 0 atom stereocenters. The van der Waals surface area contributed by atoms with Gasteiger partial charge in [-0.15, -0.1) is 0 Å². The van der Waals surface area contributed by atoms with Crippen LogP contribution in [0.2, 0.25) is 0 Å². The van der Waals surface area contributed by atoms with Gasteiger partial charge in [-0.25, -0.2) is 0 Å². The van der Waals surface area contributed by atoms with Crippen molar-refractivity contribution in [1.29, 1.82) is 0 Å². The largest absolute Gasteiger partial charge is 0.491 e. The Morgan fingerprint density at radius 3 is 2.68 bits per heavy atom. The van der Waals surface area contributed by atoms with Crippen molar-refractivity contribution in [1.82, 2.24) is 0 Å². The summed E-state index contributed by atoms with van der Waals surface area (Å²) in [6.45, 7) is 2.13. The zero-order valence-electron chi connectivity index (χ0n) is 11.2. The van der Waals surface area contributed by atoms with Gasteiger partial charge >= 0.3 is 0 Å². The number of nitro benzene ring substituents is 1. The molecule has 1 aromatic rings. The van der Waals surface area contributed by atoms with Crippen molar-refractivity contribution in [3.8, 4) is 5.75 Å². The van der Waals surface area contributed by atoms with Crippen molar-refractivity contribution in [2.75, 3.05) is 6.61 Å². The first kappa shape index (κ1) is 13.8. The van der Waals surface area contributed by atoms with E-state index < -0.39 is 0 Å². The fourth-order valence-corrected chi connectivity index (χ4v) is 2.58. The van der Waals surface area contributed by atoms with E-state index in [4.69, 9.17) is 10.5 Å². The van der Waals surface area contributed by atoms with Crippen LogP contribution in [-0.2, 0) is 0 Å². The standard InChI is InChI=1S/C14H20N2O3/c1-11-12(16(17)18)6-5-7-13(11)19-10-14(15)8-3-2-4-9-14/h5-7H,2-4,8-10,15H2,1H3. The second-order valence-electron chi connectivity index (χ2n) is 5.37. The summed E-state index contributed by atoms with van der Waals surface area (Å²) >= 11 is 0. The van der Waals surface area contributed by atoms with Crippen LogP contribution < -0.4 is 10.5 Å². The number of nitrogens with zero attached hydrogens (tertiary/aromatic N) is 1. The molecule has 19 heavy (non-hydrogen) atoms. The first-order valence-electron chi connectivity index (χ1n) is 6.67. The van der Waals surface area contributed by atoms with E-state index in [1.54, 1.807) is 19.1 Å². The third-order valence-corrected chi connectivity index (χ3v) is 3.82. The Balaban J connectivity index is 2.07. The molecule has 1 aliphatic carbocycles. The summed E-state index contributed by atoms with van der Waals surface area (Å²) in [6.07, 6.45) is 5.41. The van der Waals surface area contributed by atoms with Crippen LogP contribution in [0.5, 0.6) is 5.75 Å². The van der Waals surface area contributed by atoms with E-state index in [1.807, 2.05) is 0 Å². The molecule has 2 N–H and O–H groups in total. The zero-order chi connectivity index (χ0) is 13.9. The zero-order valence-corrected chi connectivity index (χ0v) is 11.2. The number of nitrogens with two attached hydrogens (primary N) is 1. The lowest BCUT2D eigenvalue weighted by Crippen LogP contribution is -2.47. The van der Waals surface area contributed by atoms with E-state index in [1.165, 1.54) is 12.5 Å². The molecule has 0 heterocycles. The second kappa shape index (κ2) is 5.57. The summed E-state index contributed by atoms with van der Waals surface area (Å²) in [5.74, 6) is 0.560. The minimum Gasteiger partial charge on any atom is -0.491 e. The van der Waals surface area contributed by atoms with Gasteiger partial charge in [0.05, 0.1) is 16.0 Å². The molecule has 0 saturated heterocycles. The fraction of sp³-hybridized carbons (Fsp3) is 0.571. The average molecular weight is 264 g/mol. The van der Waals surface area contributed by atoms with E-state index in [0.29, 0.717) is 17.9 Å². The average Bonchev–Trinajstić information content (AvgIpc) is 2.38. The van der Waals surface area contributed by atoms with Crippen LogP contribution in [0.4, 0.5) is 5.69 Å². The van der Waals surface area contributed by atoms with Gasteiger partial charge in [0.25, 0.3) is 5.69 Å². The van der Waals surface area contributed by atoms with Gasteiger partial charge in [-0.1, -0.05) is 25.3 Å². The Bertz CT molecular complexity index is 468. The van der Waals surface area contributed by atoms with Gasteiger partial charge in [0, 0.05) is 6.07 Å². The van der Waals surface area contributed by atoms with E-state index in [9.17, 15) is 10.1 Å². The molecule has 1 aromatic carbocycles. The molecule has 0 bridgehead atoms. The second-order valence-corrected chi connectivity index (χ2v) is 5.37. The summed E-state index contributed by atoms with van der Waals surface area (Å²) in [6, 6.07) is 4.89. The molecule has 5 nitrogen and oxygen atoms in total. The Labute approximate surface area is 112 Å². The summed E-state index contributed by atoms with van der Waals surface area (Å²) in [5, 5.41) is 10.9. The predicted octanol–water partition coefficient (Wildman–Crippen LogP) is 2.94. The molecule has 0 unspecified atom stereocenters. The lowest BCUT2D eigenvalue weighted by atomic mass is 9.83. The molecule has 1 saturated carbocycles. The van der Waals surface area contributed by atoms with Gasteiger partial charge in [0.1, 0.15) is 12.4 Å². The van der Waals surface area contributed by atoms with Crippen molar-refractivity contribution < 1.29 is 9.66 Å². The summed E-state index contributed by atoms with van der Waals surface area (Å²) in [4.78, 5) is 10.5. The minimum absolute atomic E-state index is 0.0900. The number of hydrogen-bond donors (Lipinski definition) is 1. The van der Waals surface area contributed by atoms with Crippen LogP contribution >= 0.6 is 0 Å². The van der Waals surface area contributed by atoms with Crippen molar-refractivity contribution in [2.24, 2.45) is 5.73 Å². The Morgan fingerprint density at radius 1 is 1.37 bits per heavy atom. The van der Waals surface area contributed by atoms with Gasteiger partial charge in [0.15, 0.2) is 0 Å². The third kappa shape index (κ3) is 3.23. The number of rotatable bonds is 4. The highest BCUT2D eigenvalue weighted by Gasteiger charge is 2.28. The van der Waals surface area contributed by atoms with Crippen LogP contribution in [0.15, 0.2) is 18.2 Å². The topological polar surface area (TPSA) is 78.4 Å². The van der Waals surface area contributed by atoms with Crippen LogP contribution in [0.25, 0.3) is 0 Å². The van der Waals surface area contributed by atoms with Crippen LogP contribution in [0, 0.1) is 17.0 Å². The Morgan fingerprint density at radius 2 is 2.05 bits per heavy atom. The molecular weight excluding hydrogens is 244 g/mol. The summed E-state index contributed by atoms with van der Waals surface area (Å²) in [7, 11) is 0. The third-order valence-electron chi connectivity index (χ3n) is 3.82. The van der Waals surface area contributed by atoms with Gasteiger partial charge in [-0.05, 0) is 25.8 Å². The van der Waals surface area contributed by atoms with Crippen molar-refractivity contribution in [2.45, 2.75) is 44.6 Å². The number of hydrogen-bond acceptors (Lipinski definition) is 4. The Kier molecular flexibility index (Phi) is 4.04. The van der Waals surface area contributed by atoms with E-state index in [2.05, 4.69) is 0 Å². The SMILES string of the molecule is Cc1c(OCC2(N)CCCCC2)cccc1[N+](=O)[O-]. The molecule has 0 spiro atoms. The van der Waals surface area contributed by atoms with E-state index >= 15 is 0 Å². The van der Waals surface area contributed by atoms with Crippen LogP contribution in [-0.4, -0.2) is 17.1 Å². The molecule has 104 valence electrons. The molecule has 1 fully saturated rings. The Hall–Kier alpha value is -1.62. The maximum absolute atomic E-state index is 10.9. The molecule has 2 rings (SSSR count). The molecule has 1 aliphatic rings. The highest BCUT2D eigenvalue weighted by Crippen LogP contribution is 2.30. The quantitative estimate of drug-likeness (QED) is 0.670. The smallest absolute Gasteiger partial charge is 0.276 e. The maximum Gasteiger partial charge on any atom is 0.276 e. The molecule has 5 heteroatoms. The van der Waals surface area contributed by atoms with E-state index in [0.717, 1.165) is 25.7 Å². The van der Waals surface area contributed by atoms with Crippen molar-refractivity contribution >= 4 is 5.69 Å². The predicted molar refractivity (Wildman–Crippen MR) is 73.3 cm³/mol. The normalized spacial score (nSPS) is 18.0. The summed E-state index contributed by atoms with van der Waals surface area (Å²) < 4.78 is 5.74. The molecule has 0 amide bonds. The lowest BCUT2D eigenvalue weighted by molar-refractivity contribution is -0.385. The fourth-order valence-electron chi connectivity index (χ4n) is 2.58. The van der Waals surface area contributed by atoms with Crippen molar-refractivity contribution in [3.05, 3.63) is 33.9 Å². The highest BCUT2D eigenvalue weighted by atomic mass is 16.6. The van der Waals surface area contributed by atoms with Gasteiger partial charge < -0.3 is 10.5 Å². The minimum atomic E-state index is -0.388. The molecule has 0 radical (unpaired) electrons. The number of nitro groups is 1. The van der Waals surface area contributed by atoms with E-state index in [-0.39, 0.29) is 16.1 Å². The lowest BCUT2D eigenvalue weighted by Gasteiger charge is -2.33. The number of benzene rings is 1. The molecular formula is C14H20N2O3. The first-order valence-corrected chi connectivity index (χ1v) is 6.67. The molecule has 0 aromatic heterocycles. The van der Waals surface area contributed by atoms with Crippen molar-refractivity contribution in [3.63, 3.8) is 0 Å². The highest BCUT2D eigenvalue weighted by molar-refractivity contribution is 5.48. The van der Waals surface area contributed by atoms with Gasteiger partial charge in [0.2, 0.25) is 0 Å².